The second-order valence-electron chi connectivity index (χ2n) is 7.91. The average molecular weight is 457 g/mol. The molecule has 0 aliphatic heterocycles. The van der Waals surface area contributed by atoms with E-state index in [0.717, 1.165) is 23.3 Å². The molecular weight excluding hydrogens is 420 g/mol. The number of amides is 2. The maximum Gasteiger partial charge on any atom is 0.227 e. The number of hydrogen-bond acceptors (Lipinski definition) is 5. The molecule has 1 atom stereocenters. The smallest absolute Gasteiger partial charge is 0.227 e. The van der Waals surface area contributed by atoms with Crippen molar-refractivity contribution < 1.29 is 23.8 Å². The average Bonchev–Trinajstić information content (AvgIpc) is 2.84. The highest BCUT2D eigenvalue weighted by Crippen LogP contribution is 2.27. The van der Waals surface area contributed by atoms with Crippen molar-refractivity contribution in [3.8, 4) is 17.2 Å². The van der Waals surface area contributed by atoms with E-state index in [2.05, 4.69) is 5.32 Å². The molecule has 7 heteroatoms. The molecule has 0 saturated carbocycles. The highest BCUT2D eigenvalue weighted by Gasteiger charge is 2.20. The quantitative estimate of drug-likeness (QED) is 0.498. The van der Waals surface area contributed by atoms with Crippen LogP contribution in [0.2, 0.25) is 0 Å². The van der Waals surface area contributed by atoms with E-state index in [1.807, 2.05) is 56.3 Å². The zero-order chi connectivity index (χ0) is 24.2. The van der Waals surface area contributed by atoms with Gasteiger partial charge in [0.05, 0.1) is 27.8 Å². The summed E-state index contributed by atoms with van der Waals surface area (Å²) in [5, 5.41) is 2.95. The molecule has 0 fully saturated rings. The number of methoxy groups -OCH3 is 3. The first kappa shape index (κ1) is 26.0. The van der Waals surface area contributed by atoms with Gasteiger partial charge in [-0.2, -0.15) is 0 Å². The van der Waals surface area contributed by atoms with Crippen LogP contribution in [0.15, 0.2) is 42.5 Å². The second kappa shape index (κ2) is 13.4. The zero-order valence-electron chi connectivity index (χ0n) is 20.3. The summed E-state index contributed by atoms with van der Waals surface area (Å²) in [6.45, 7) is 4.96. The Kier molecular flexibility index (Phi) is 10.5. The molecule has 2 rings (SSSR count). The molecule has 7 nitrogen and oxygen atoms in total. The molecule has 0 saturated heterocycles. The highest BCUT2D eigenvalue weighted by atomic mass is 16.5. The molecule has 2 aromatic rings. The molecule has 0 bridgehead atoms. The van der Waals surface area contributed by atoms with Crippen LogP contribution in [0.4, 0.5) is 0 Å². The van der Waals surface area contributed by atoms with Gasteiger partial charge in [0.2, 0.25) is 11.8 Å². The van der Waals surface area contributed by atoms with Gasteiger partial charge in [0, 0.05) is 25.6 Å². The third-order valence-corrected chi connectivity index (χ3v) is 5.72. The van der Waals surface area contributed by atoms with Crippen molar-refractivity contribution >= 4 is 11.8 Å². The van der Waals surface area contributed by atoms with Crippen molar-refractivity contribution in [2.75, 3.05) is 34.4 Å². The molecule has 33 heavy (non-hydrogen) atoms. The minimum Gasteiger partial charge on any atom is -0.497 e. The monoisotopic (exact) mass is 456 g/mol. The van der Waals surface area contributed by atoms with Crippen LogP contribution < -0.4 is 19.5 Å². The van der Waals surface area contributed by atoms with Crippen LogP contribution in [-0.2, 0) is 22.4 Å². The molecule has 2 aromatic carbocycles. The van der Waals surface area contributed by atoms with E-state index in [1.165, 1.54) is 0 Å². The fourth-order valence-electron chi connectivity index (χ4n) is 3.52. The normalized spacial score (nSPS) is 11.4. The van der Waals surface area contributed by atoms with Gasteiger partial charge in [-0.05, 0) is 55.2 Å². The Bertz CT molecular complexity index is 898. The van der Waals surface area contributed by atoms with Gasteiger partial charge < -0.3 is 24.4 Å². The second-order valence-corrected chi connectivity index (χ2v) is 7.91. The summed E-state index contributed by atoms with van der Waals surface area (Å²) in [6, 6.07) is 13.3. The number of rotatable bonds is 13. The van der Waals surface area contributed by atoms with E-state index in [1.54, 1.807) is 26.2 Å². The SMILES string of the molecule is CCC(C)N(CCC(=O)NCCc1ccc(OC)c(OC)c1)C(=O)Cc1ccc(OC)cc1. The first-order valence-corrected chi connectivity index (χ1v) is 11.3. The molecule has 0 aliphatic rings. The van der Waals surface area contributed by atoms with E-state index in [9.17, 15) is 9.59 Å². The number of nitrogens with one attached hydrogen (secondary N) is 1. The van der Waals surface area contributed by atoms with Crippen molar-refractivity contribution in [3.05, 3.63) is 53.6 Å². The van der Waals surface area contributed by atoms with Crippen molar-refractivity contribution in [1.82, 2.24) is 10.2 Å². The first-order chi connectivity index (χ1) is 15.9. The molecule has 1 N–H and O–H groups in total. The number of carbonyl (C=O) groups excluding carboxylic acids is 2. The van der Waals surface area contributed by atoms with Crippen LogP contribution in [-0.4, -0.2) is 57.2 Å². The number of nitrogens with zero attached hydrogens (tertiary/aromatic N) is 1. The van der Waals surface area contributed by atoms with Crippen molar-refractivity contribution in [3.63, 3.8) is 0 Å². The molecule has 0 heterocycles. The van der Waals surface area contributed by atoms with Crippen molar-refractivity contribution in [1.29, 1.82) is 0 Å². The van der Waals surface area contributed by atoms with E-state index >= 15 is 0 Å². The first-order valence-electron chi connectivity index (χ1n) is 11.3. The van der Waals surface area contributed by atoms with Crippen LogP contribution in [0.5, 0.6) is 17.2 Å². The minimum absolute atomic E-state index is 0.0210. The Balaban J connectivity index is 1.85. The Morgan fingerprint density at radius 1 is 0.939 bits per heavy atom. The van der Waals surface area contributed by atoms with Crippen LogP contribution in [0, 0.1) is 0 Å². The van der Waals surface area contributed by atoms with Gasteiger partial charge in [-0.15, -0.1) is 0 Å². The third-order valence-electron chi connectivity index (χ3n) is 5.72. The topological polar surface area (TPSA) is 77.1 Å². The summed E-state index contributed by atoms with van der Waals surface area (Å²) in [5.74, 6) is 2.05. The maximum atomic E-state index is 12.9. The van der Waals surface area contributed by atoms with Gasteiger partial charge >= 0.3 is 0 Å². The van der Waals surface area contributed by atoms with Gasteiger partial charge in [-0.3, -0.25) is 9.59 Å². The summed E-state index contributed by atoms with van der Waals surface area (Å²) < 4.78 is 15.7. The molecule has 2 amide bonds. The molecule has 1 unspecified atom stereocenters. The molecule has 0 aromatic heterocycles. The summed E-state index contributed by atoms with van der Waals surface area (Å²) in [7, 11) is 4.81. The lowest BCUT2D eigenvalue weighted by molar-refractivity contribution is -0.133. The summed E-state index contributed by atoms with van der Waals surface area (Å²) >= 11 is 0. The van der Waals surface area contributed by atoms with Crippen molar-refractivity contribution in [2.45, 2.75) is 45.6 Å². The number of benzene rings is 2. The zero-order valence-corrected chi connectivity index (χ0v) is 20.3. The molecule has 0 radical (unpaired) electrons. The highest BCUT2D eigenvalue weighted by molar-refractivity contribution is 5.81. The maximum absolute atomic E-state index is 12.9. The standard InChI is InChI=1S/C26H36N2O5/c1-6-19(2)28(26(30)18-20-7-10-22(31-3)11-8-20)16-14-25(29)27-15-13-21-9-12-23(32-4)24(17-21)33-5/h7-12,17,19H,6,13-16,18H2,1-5H3,(H,27,29). The largest absolute Gasteiger partial charge is 0.497 e. The van der Waals surface area contributed by atoms with Crippen LogP contribution in [0.3, 0.4) is 0 Å². The Morgan fingerprint density at radius 3 is 2.21 bits per heavy atom. The van der Waals surface area contributed by atoms with Gasteiger partial charge in [-0.25, -0.2) is 0 Å². The Labute approximate surface area is 197 Å². The number of hydrogen-bond donors (Lipinski definition) is 1. The van der Waals surface area contributed by atoms with Gasteiger partial charge in [0.25, 0.3) is 0 Å². The summed E-state index contributed by atoms with van der Waals surface area (Å²) in [4.78, 5) is 27.2. The lowest BCUT2D eigenvalue weighted by Gasteiger charge is -2.28. The molecule has 0 spiro atoms. The van der Waals surface area contributed by atoms with Crippen LogP contribution in [0.25, 0.3) is 0 Å². The summed E-state index contributed by atoms with van der Waals surface area (Å²) in [5.41, 5.74) is 1.97. The van der Waals surface area contributed by atoms with Crippen LogP contribution in [0.1, 0.15) is 37.8 Å². The molecular formula is C26H36N2O5. The number of carbonyl (C=O) groups is 2. The van der Waals surface area contributed by atoms with E-state index in [-0.39, 0.29) is 24.3 Å². The molecule has 0 aliphatic carbocycles. The predicted octanol–water partition coefficient (Wildman–Crippen LogP) is 3.63. The lowest BCUT2D eigenvalue weighted by Crippen LogP contribution is -2.41. The van der Waals surface area contributed by atoms with Gasteiger partial charge in [-0.1, -0.05) is 25.1 Å². The summed E-state index contributed by atoms with van der Waals surface area (Å²) in [6.07, 6.45) is 2.08. The van der Waals surface area contributed by atoms with Crippen LogP contribution >= 0.6 is 0 Å². The Hall–Kier alpha value is -3.22. The Morgan fingerprint density at radius 2 is 1.61 bits per heavy atom. The lowest BCUT2D eigenvalue weighted by atomic mass is 10.1. The predicted molar refractivity (Wildman–Crippen MR) is 129 cm³/mol. The fourth-order valence-corrected chi connectivity index (χ4v) is 3.52. The van der Waals surface area contributed by atoms with E-state index < -0.39 is 0 Å². The van der Waals surface area contributed by atoms with Gasteiger partial charge in [0.1, 0.15) is 5.75 Å². The van der Waals surface area contributed by atoms with Crippen molar-refractivity contribution in [2.24, 2.45) is 0 Å². The fraction of sp³-hybridized carbons (Fsp3) is 0.462. The minimum atomic E-state index is -0.0685. The third kappa shape index (κ3) is 8.00. The number of ether oxygens (including phenoxy) is 3. The molecule has 180 valence electrons. The van der Waals surface area contributed by atoms with E-state index in [0.29, 0.717) is 37.4 Å². The van der Waals surface area contributed by atoms with E-state index in [4.69, 9.17) is 14.2 Å². The van der Waals surface area contributed by atoms with Gasteiger partial charge in [0.15, 0.2) is 11.5 Å².